The number of rotatable bonds is 6. The number of nitrogens with zero attached hydrogens (tertiary/aromatic N) is 1. The van der Waals surface area contributed by atoms with Gasteiger partial charge < -0.3 is 10.2 Å². The van der Waals surface area contributed by atoms with E-state index in [1.807, 2.05) is 25.1 Å². The minimum Gasteiger partial charge on any atom is -0.343 e. The number of likely N-dealkylation sites (tertiary alicyclic amines) is 1. The summed E-state index contributed by atoms with van der Waals surface area (Å²) in [6.07, 6.45) is 2.87. The van der Waals surface area contributed by atoms with E-state index in [0.29, 0.717) is 24.7 Å². The van der Waals surface area contributed by atoms with Crippen LogP contribution in [0.5, 0.6) is 0 Å². The second kappa shape index (κ2) is 9.67. The predicted molar refractivity (Wildman–Crippen MR) is 127 cm³/mol. The normalized spacial score (nSPS) is 19.3. The molecule has 0 unspecified atom stereocenters. The van der Waals surface area contributed by atoms with E-state index in [2.05, 4.69) is 17.4 Å². The first-order valence-electron chi connectivity index (χ1n) is 11.0. The zero-order valence-electron chi connectivity index (χ0n) is 18.1. The average molecular weight is 473 g/mol. The molecule has 0 saturated carbocycles. The van der Waals surface area contributed by atoms with Gasteiger partial charge in [-0.15, -0.1) is 11.8 Å². The lowest BCUT2D eigenvalue weighted by Crippen LogP contribution is -2.39. The minimum absolute atomic E-state index is 0.0269. The Morgan fingerprint density at radius 3 is 2.56 bits per heavy atom. The number of anilines is 1. The van der Waals surface area contributed by atoms with Crippen LogP contribution in [0.4, 0.5) is 5.69 Å². The van der Waals surface area contributed by atoms with Crippen molar-refractivity contribution in [2.75, 3.05) is 24.2 Å². The van der Waals surface area contributed by atoms with Crippen molar-refractivity contribution in [3.05, 3.63) is 54.1 Å². The molecule has 2 aliphatic rings. The Balaban J connectivity index is 1.30. The summed E-state index contributed by atoms with van der Waals surface area (Å²) in [5, 5.41) is 2.55. The molecular formula is C24H28N2O4S2. The molecule has 2 heterocycles. The van der Waals surface area contributed by atoms with E-state index < -0.39 is 9.84 Å². The number of piperidine rings is 1. The monoisotopic (exact) mass is 472 g/mol. The summed E-state index contributed by atoms with van der Waals surface area (Å²) in [6.45, 7) is 3.16. The van der Waals surface area contributed by atoms with Crippen LogP contribution in [0.1, 0.15) is 31.7 Å². The quantitative estimate of drug-likeness (QED) is 0.692. The molecule has 2 aromatic carbocycles. The van der Waals surface area contributed by atoms with Crippen molar-refractivity contribution in [1.29, 1.82) is 0 Å². The summed E-state index contributed by atoms with van der Waals surface area (Å²) in [7, 11) is -3.62. The fraction of sp³-hybridized carbons (Fsp3) is 0.417. The van der Waals surface area contributed by atoms with Crippen LogP contribution in [-0.4, -0.2) is 49.2 Å². The van der Waals surface area contributed by atoms with Gasteiger partial charge in [0.2, 0.25) is 11.8 Å². The Morgan fingerprint density at radius 2 is 1.84 bits per heavy atom. The van der Waals surface area contributed by atoms with E-state index in [1.165, 1.54) is 23.4 Å². The van der Waals surface area contributed by atoms with Crippen molar-refractivity contribution in [3.63, 3.8) is 0 Å². The molecule has 1 N–H and O–H groups in total. The van der Waals surface area contributed by atoms with Gasteiger partial charge in [0.05, 0.1) is 21.6 Å². The molecule has 170 valence electrons. The van der Waals surface area contributed by atoms with Gasteiger partial charge in [-0.2, -0.15) is 0 Å². The molecule has 0 bridgehead atoms. The maximum atomic E-state index is 12.8. The molecule has 2 aliphatic heterocycles. The number of fused-ring (bicyclic) bond motifs is 1. The SMILES string of the molecule is C[C@H]1Sc2ccc(S(=O)(=O)CCC(=O)N3CCC(Cc4ccccc4)CC3)cc2NC1=O. The molecule has 1 atom stereocenters. The van der Waals surface area contributed by atoms with Crippen molar-refractivity contribution < 1.29 is 18.0 Å². The van der Waals surface area contributed by atoms with Crippen LogP contribution in [0.15, 0.2) is 58.3 Å². The zero-order valence-corrected chi connectivity index (χ0v) is 19.8. The number of benzene rings is 2. The fourth-order valence-corrected chi connectivity index (χ4v) is 6.40. The highest BCUT2D eigenvalue weighted by atomic mass is 32.2. The summed E-state index contributed by atoms with van der Waals surface area (Å²) in [6, 6.07) is 15.2. The van der Waals surface area contributed by atoms with E-state index >= 15 is 0 Å². The highest BCUT2D eigenvalue weighted by molar-refractivity contribution is 8.01. The van der Waals surface area contributed by atoms with Gasteiger partial charge in [0, 0.05) is 24.4 Å². The molecular weight excluding hydrogens is 444 g/mol. The summed E-state index contributed by atoms with van der Waals surface area (Å²) in [5.74, 6) is 0.0771. The third-order valence-electron chi connectivity index (χ3n) is 6.16. The molecule has 8 heteroatoms. The molecule has 6 nitrogen and oxygen atoms in total. The molecule has 1 fully saturated rings. The first kappa shape index (κ1) is 22.9. The third-order valence-corrected chi connectivity index (χ3v) is 9.05. The second-order valence-corrected chi connectivity index (χ2v) is 12.0. The van der Waals surface area contributed by atoms with Crippen LogP contribution >= 0.6 is 11.8 Å². The van der Waals surface area contributed by atoms with Gasteiger partial charge in [-0.25, -0.2) is 8.42 Å². The minimum atomic E-state index is -3.62. The topological polar surface area (TPSA) is 83.6 Å². The number of carbonyl (C=O) groups excluding carboxylic acids is 2. The first-order valence-corrected chi connectivity index (χ1v) is 13.5. The summed E-state index contributed by atoms with van der Waals surface area (Å²) < 4.78 is 25.6. The average Bonchev–Trinajstić information content (AvgIpc) is 2.79. The van der Waals surface area contributed by atoms with Gasteiger partial charge in [0.25, 0.3) is 0 Å². The highest BCUT2D eigenvalue weighted by Gasteiger charge is 2.27. The molecule has 0 spiro atoms. The summed E-state index contributed by atoms with van der Waals surface area (Å²) in [4.78, 5) is 27.3. The smallest absolute Gasteiger partial charge is 0.237 e. The summed E-state index contributed by atoms with van der Waals surface area (Å²) in [5.41, 5.74) is 1.84. The zero-order chi connectivity index (χ0) is 22.7. The Labute approximate surface area is 193 Å². The molecule has 0 aromatic heterocycles. The van der Waals surface area contributed by atoms with Gasteiger partial charge in [0.15, 0.2) is 9.84 Å². The predicted octanol–water partition coefficient (Wildman–Crippen LogP) is 3.76. The molecule has 2 aromatic rings. The second-order valence-electron chi connectivity index (χ2n) is 8.49. The Hall–Kier alpha value is -2.32. The van der Waals surface area contributed by atoms with E-state index in [-0.39, 0.29) is 34.1 Å². The van der Waals surface area contributed by atoms with Crippen molar-refractivity contribution in [3.8, 4) is 0 Å². The third kappa shape index (κ3) is 5.35. The van der Waals surface area contributed by atoms with Gasteiger partial charge in [0.1, 0.15) is 0 Å². The standard InChI is InChI=1S/C24H28N2O4S2/c1-17-24(28)25-21-16-20(7-8-22(21)31-17)32(29,30)14-11-23(27)26-12-9-19(10-13-26)15-18-5-3-2-4-6-18/h2-8,16-17,19H,9-15H2,1H3,(H,25,28)/t17-/m1/s1. The van der Waals surface area contributed by atoms with Crippen molar-refractivity contribution in [2.45, 2.75) is 47.6 Å². The largest absolute Gasteiger partial charge is 0.343 e. The summed E-state index contributed by atoms with van der Waals surface area (Å²) >= 11 is 1.41. The van der Waals surface area contributed by atoms with Gasteiger partial charge in [-0.05, 0) is 55.9 Å². The molecule has 0 aliphatic carbocycles. The van der Waals surface area contributed by atoms with Crippen LogP contribution in [-0.2, 0) is 25.8 Å². The number of amides is 2. The lowest BCUT2D eigenvalue weighted by Gasteiger charge is -2.32. The van der Waals surface area contributed by atoms with Crippen molar-refractivity contribution in [2.24, 2.45) is 5.92 Å². The molecule has 0 radical (unpaired) electrons. The number of nitrogens with one attached hydrogen (secondary N) is 1. The van der Waals surface area contributed by atoms with Crippen molar-refractivity contribution in [1.82, 2.24) is 4.90 Å². The van der Waals surface area contributed by atoms with Crippen molar-refractivity contribution >= 4 is 39.1 Å². The van der Waals surface area contributed by atoms with E-state index in [4.69, 9.17) is 0 Å². The molecule has 2 amide bonds. The van der Waals surface area contributed by atoms with Crippen LogP contribution < -0.4 is 5.32 Å². The van der Waals surface area contributed by atoms with Crippen LogP contribution in [0, 0.1) is 5.92 Å². The lowest BCUT2D eigenvalue weighted by molar-refractivity contribution is -0.132. The first-order chi connectivity index (χ1) is 15.3. The maximum absolute atomic E-state index is 12.8. The van der Waals surface area contributed by atoms with Gasteiger partial charge >= 0.3 is 0 Å². The number of thioether (sulfide) groups is 1. The number of hydrogen-bond acceptors (Lipinski definition) is 5. The number of carbonyl (C=O) groups is 2. The number of sulfone groups is 1. The maximum Gasteiger partial charge on any atom is 0.237 e. The fourth-order valence-electron chi connectivity index (χ4n) is 4.21. The van der Waals surface area contributed by atoms with Gasteiger partial charge in [-0.1, -0.05) is 30.3 Å². The van der Waals surface area contributed by atoms with Crippen LogP contribution in [0.25, 0.3) is 0 Å². The Kier molecular flexibility index (Phi) is 6.90. The van der Waals surface area contributed by atoms with E-state index in [1.54, 1.807) is 17.0 Å². The highest BCUT2D eigenvalue weighted by Crippen LogP contribution is 2.37. The van der Waals surface area contributed by atoms with E-state index in [0.717, 1.165) is 24.2 Å². The van der Waals surface area contributed by atoms with Crippen LogP contribution in [0.3, 0.4) is 0 Å². The molecule has 1 saturated heterocycles. The molecule has 4 rings (SSSR count). The Bertz CT molecular complexity index is 1090. The lowest BCUT2D eigenvalue weighted by atomic mass is 9.90. The number of hydrogen-bond donors (Lipinski definition) is 1. The van der Waals surface area contributed by atoms with Crippen LogP contribution in [0.2, 0.25) is 0 Å². The Morgan fingerprint density at radius 1 is 1.12 bits per heavy atom. The van der Waals surface area contributed by atoms with Gasteiger partial charge in [-0.3, -0.25) is 9.59 Å². The molecule has 32 heavy (non-hydrogen) atoms. The van der Waals surface area contributed by atoms with E-state index in [9.17, 15) is 18.0 Å².